The van der Waals surface area contributed by atoms with Crippen molar-refractivity contribution in [3.8, 4) is 5.75 Å². The normalized spacial score (nSPS) is 11.1. The maximum atomic E-state index is 12.7. The van der Waals surface area contributed by atoms with E-state index in [1.807, 2.05) is 0 Å². The number of ether oxygens (including phenoxy) is 1. The molecule has 0 unspecified atom stereocenters. The Morgan fingerprint density at radius 2 is 1.88 bits per heavy atom. The van der Waals surface area contributed by atoms with Crippen molar-refractivity contribution >= 4 is 44.8 Å². The van der Waals surface area contributed by atoms with Gasteiger partial charge in [-0.25, -0.2) is 8.42 Å². The van der Waals surface area contributed by atoms with Gasteiger partial charge in [-0.1, -0.05) is 35.3 Å². The van der Waals surface area contributed by atoms with Gasteiger partial charge in [-0.05, 0) is 23.8 Å². The molecule has 0 saturated carbocycles. The van der Waals surface area contributed by atoms with Crippen LogP contribution in [0, 0.1) is 0 Å². The Labute approximate surface area is 162 Å². The number of methoxy groups -OCH3 is 1. The molecule has 0 heterocycles. The number of sulfonamides is 1. The van der Waals surface area contributed by atoms with Crippen molar-refractivity contribution in [2.75, 3.05) is 18.9 Å². The number of nitrogens with zero attached hydrogens (tertiary/aromatic N) is 1. The summed E-state index contributed by atoms with van der Waals surface area (Å²) in [5.74, 6) is 0.195. The predicted molar refractivity (Wildman–Crippen MR) is 102 cm³/mol. The fourth-order valence-corrected chi connectivity index (χ4v) is 4.10. The van der Waals surface area contributed by atoms with Gasteiger partial charge in [0.25, 0.3) is 10.0 Å². The number of carbonyl (C=O) groups is 1. The summed E-state index contributed by atoms with van der Waals surface area (Å²) in [6.45, 7) is 1.82. The molecule has 0 fully saturated rings. The van der Waals surface area contributed by atoms with Gasteiger partial charge in [0.1, 0.15) is 10.6 Å². The number of amides is 1. The molecule has 0 aromatic heterocycles. The Morgan fingerprint density at radius 3 is 2.50 bits per heavy atom. The Balaban J connectivity index is 2.30. The lowest BCUT2D eigenvalue weighted by molar-refractivity contribution is -0.128. The Kier molecular flexibility index (Phi) is 6.39. The molecular formula is C17H18Cl2N2O4S. The molecule has 9 heteroatoms. The van der Waals surface area contributed by atoms with E-state index in [0.717, 1.165) is 5.56 Å². The summed E-state index contributed by atoms with van der Waals surface area (Å²) in [5, 5.41) is 0.125. The SMILES string of the molecule is COc1cc(Cl)c(S(=O)(=O)Nc2cccc(CN(C)C(C)=O)c2)cc1Cl. The monoisotopic (exact) mass is 416 g/mol. The van der Waals surface area contributed by atoms with E-state index in [1.54, 1.807) is 31.3 Å². The van der Waals surface area contributed by atoms with E-state index < -0.39 is 10.0 Å². The number of hydrogen-bond donors (Lipinski definition) is 1. The Bertz CT molecular complexity index is 932. The fraction of sp³-hybridized carbons (Fsp3) is 0.235. The van der Waals surface area contributed by atoms with Crippen LogP contribution in [0.1, 0.15) is 12.5 Å². The molecule has 0 aliphatic rings. The van der Waals surface area contributed by atoms with Gasteiger partial charge in [0.2, 0.25) is 5.91 Å². The van der Waals surface area contributed by atoms with Gasteiger partial charge in [0, 0.05) is 32.3 Å². The Hall–Kier alpha value is -1.96. The standard InChI is InChI=1S/C17H18Cl2N2O4S/c1-11(22)21(2)10-12-5-4-6-13(7-12)20-26(23,24)17-9-14(18)16(25-3)8-15(17)19/h4-9,20H,10H2,1-3H3. The molecular weight excluding hydrogens is 399 g/mol. The molecule has 140 valence electrons. The van der Waals surface area contributed by atoms with Crippen LogP contribution in [-0.2, 0) is 21.4 Å². The summed E-state index contributed by atoms with van der Waals surface area (Å²) < 4.78 is 32.8. The maximum absolute atomic E-state index is 12.7. The van der Waals surface area contributed by atoms with Crippen LogP contribution < -0.4 is 9.46 Å². The first-order valence-electron chi connectivity index (χ1n) is 7.50. The molecule has 1 amide bonds. The molecule has 0 bridgehead atoms. The van der Waals surface area contributed by atoms with Gasteiger partial charge >= 0.3 is 0 Å². The highest BCUT2D eigenvalue weighted by molar-refractivity contribution is 7.92. The average molecular weight is 417 g/mol. The van der Waals surface area contributed by atoms with Crippen LogP contribution in [-0.4, -0.2) is 33.4 Å². The first-order valence-corrected chi connectivity index (χ1v) is 9.74. The number of nitrogens with one attached hydrogen (secondary N) is 1. The number of benzene rings is 2. The molecule has 2 aromatic rings. The van der Waals surface area contributed by atoms with Gasteiger partial charge in [-0.3, -0.25) is 9.52 Å². The molecule has 2 aromatic carbocycles. The third-order valence-corrected chi connectivity index (χ3v) is 5.77. The third kappa shape index (κ3) is 4.81. The molecule has 0 aliphatic heterocycles. The highest BCUT2D eigenvalue weighted by atomic mass is 35.5. The molecule has 1 N–H and O–H groups in total. The second-order valence-electron chi connectivity index (χ2n) is 5.60. The molecule has 2 rings (SSSR count). The summed E-state index contributed by atoms with van der Waals surface area (Å²) in [6.07, 6.45) is 0. The first-order chi connectivity index (χ1) is 12.1. The highest BCUT2D eigenvalue weighted by Gasteiger charge is 2.21. The zero-order valence-electron chi connectivity index (χ0n) is 14.4. The summed E-state index contributed by atoms with van der Waals surface area (Å²) in [7, 11) is -0.880. The number of anilines is 1. The summed E-state index contributed by atoms with van der Waals surface area (Å²) >= 11 is 12.1. The maximum Gasteiger partial charge on any atom is 0.263 e. The number of rotatable bonds is 6. The molecule has 0 atom stereocenters. The molecule has 0 saturated heterocycles. The van der Waals surface area contributed by atoms with Gasteiger partial charge < -0.3 is 9.64 Å². The first kappa shape index (κ1) is 20.4. The van der Waals surface area contributed by atoms with Crippen LogP contribution in [0.2, 0.25) is 10.0 Å². The van der Waals surface area contributed by atoms with E-state index in [9.17, 15) is 13.2 Å². The number of hydrogen-bond acceptors (Lipinski definition) is 4. The summed E-state index contributed by atoms with van der Waals surface area (Å²) in [6, 6.07) is 9.33. The van der Waals surface area contributed by atoms with Crippen LogP contribution in [0.5, 0.6) is 5.75 Å². The van der Waals surface area contributed by atoms with Crippen molar-refractivity contribution in [1.82, 2.24) is 4.90 Å². The van der Waals surface area contributed by atoms with E-state index >= 15 is 0 Å². The summed E-state index contributed by atoms with van der Waals surface area (Å²) in [4.78, 5) is 12.7. The molecule has 6 nitrogen and oxygen atoms in total. The van der Waals surface area contributed by atoms with Crippen LogP contribution in [0.4, 0.5) is 5.69 Å². The van der Waals surface area contributed by atoms with Gasteiger partial charge in [-0.2, -0.15) is 0 Å². The minimum Gasteiger partial charge on any atom is -0.495 e. The van der Waals surface area contributed by atoms with E-state index in [1.165, 1.54) is 31.1 Å². The predicted octanol–water partition coefficient (Wildman–Crippen LogP) is 3.78. The largest absolute Gasteiger partial charge is 0.495 e. The fourth-order valence-electron chi connectivity index (χ4n) is 2.20. The lowest BCUT2D eigenvalue weighted by Gasteiger charge is -2.16. The van der Waals surface area contributed by atoms with Gasteiger partial charge in [0.15, 0.2) is 0 Å². The molecule has 0 radical (unpaired) electrons. The van der Waals surface area contributed by atoms with Crippen molar-refractivity contribution < 1.29 is 17.9 Å². The molecule has 0 spiro atoms. The average Bonchev–Trinajstić information content (AvgIpc) is 2.56. The van der Waals surface area contributed by atoms with Crippen LogP contribution in [0.15, 0.2) is 41.3 Å². The lowest BCUT2D eigenvalue weighted by Crippen LogP contribution is -2.23. The van der Waals surface area contributed by atoms with Gasteiger partial charge in [-0.15, -0.1) is 0 Å². The van der Waals surface area contributed by atoms with E-state index in [4.69, 9.17) is 27.9 Å². The summed E-state index contributed by atoms with van der Waals surface area (Å²) in [5.41, 5.74) is 1.13. The third-order valence-electron chi connectivity index (χ3n) is 3.63. The van der Waals surface area contributed by atoms with Crippen molar-refractivity contribution in [1.29, 1.82) is 0 Å². The second-order valence-corrected chi connectivity index (χ2v) is 8.06. The smallest absolute Gasteiger partial charge is 0.263 e. The topological polar surface area (TPSA) is 75.7 Å². The zero-order chi connectivity index (χ0) is 19.5. The van der Waals surface area contributed by atoms with Gasteiger partial charge in [0.05, 0.1) is 17.2 Å². The van der Waals surface area contributed by atoms with Crippen LogP contribution in [0.3, 0.4) is 0 Å². The van der Waals surface area contributed by atoms with Crippen molar-refractivity contribution in [2.24, 2.45) is 0 Å². The van der Waals surface area contributed by atoms with Crippen LogP contribution in [0.25, 0.3) is 0 Å². The highest BCUT2D eigenvalue weighted by Crippen LogP contribution is 2.34. The number of carbonyl (C=O) groups excluding carboxylic acids is 1. The zero-order valence-corrected chi connectivity index (χ0v) is 16.7. The van der Waals surface area contributed by atoms with Crippen molar-refractivity contribution in [3.63, 3.8) is 0 Å². The van der Waals surface area contributed by atoms with E-state index in [0.29, 0.717) is 12.2 Å². The number of halogens is 2. The second kappa shape index (κ2) is 8.16. The Morgan fingerprint density at radius 1 is 1.19 bits per heavy atom. The van der Waals surface area contributed by atoms with E-state index in [-0.39, 0.29) is 26.6 Å². The molecule has 0 aliphatic carbocycles. The minimum absolute atomic E-state index is 0.00813. The van der Waals surface area contributed by atoms with Crippen molar-refractivity contribution in [2.45, 2.75) is 18.4 Å². The van der Waals surface area contributed by atoms with E-state index in [2.05, 4.69) is 4.72 Å². The van der Waals surface area contributed by atoms with Crippen LogP contribution >= 0.6 is 23.2 Å². The molecule has 26 heavy (non-hydrogen) atoms. The lowest BCUT2D eigenvalue weighted by atomic mass is 10.2. The minimum atomic E-state index is -3.96. The van der Waals surface area contributed by atoms with Crippen molar-refractivity contribution in [3.05, 3.63) is 52.0 Å². The quantitative estimate of drug-likeness (QED) is 0.776.